The Balaban J connectivity index is 1.68. The van der Waals surface area contributed by atoms with Gasteiger partial charge >= 0.3 is 0 Å². The second-order valence-corrected chi connectivity index (χ2v) is 8.15. The summed E-state index contributed by atoms with van der Waals surface area (Å²) in [5.74, 6) is 2.34. The Hall–Kier alpha value is -2.72. The van der Waals surface area contributed by atoms with Gasteiger partial charge in [-0.3, -0.25) is 10.1 Å². The van der Waals surface area contributed by atoms with Gasteiger partial charge in [0.2, 0.25) is 0 Å². The van der Waals surface area contributed by atoms with Crippen molar-refractivity contribution in [2.24, 2.45) is 7.05 Å². The van der Waals surface area contributed by atoms with Crippen LogP contribution in [-0.2, 0) is 24.0 Å². The number of aromatic nitrogens is 4. The second kappa shape index (κ2) is 8.57. The van der Waals surface area contributed by atoms with Crippen LogP contribution in [0, 0.1) is 17.0 Å². The number of nitrogens with zero attached hydrogens (tertiary/aromatic N) is 6. The number of nitro groups is 1. The Labute approximate surface area is 178 Å². The molecule has 0 bridgehead atoms. The summed E-state index contributed by atoms with van der Waals surface area (Å²) in [6, 6.07) is 5.32. The number of rotatable bonds is 6. The molecule has 158 valence electrons. The van der Waals surface area contributed by atoms with Gasteiger partial charge in [0.25, 0.3) is 5.69 Å². The van der Waals surface area contributed by atoms with E-state index in [2.05, 4.69) is 11.8 Å². The number of ether oxygens (including phenoxy) is 1. The largest absolute Gasteiger partial charge is 0.378 e. The summed E-state index contributed by atoms with van der Waals surface area (Å²) in [5.41, 5.74) is 3.28. The van der Waals surface area contributed by atoms with E-state index in [9.17, 15) is 10.1 Å². The van der Waals surface area contributed by atoms with Crippen LogP contribution >= 0.6 is 11.8 Å². The van der Waals surface area contributed by atoms with Gasteiger partial charge in [-0.05, 0) is 12.5 Å². The van der Waals surface area contributed by atoms with Crippen LogP contribution in [0.15, 0.2) is 23.4 Å². The molecule has 0 saturated carbocycles. The molecule has 1 aliphatic rings. The number of anilines is 1. The summed E-state index contributed by atoms with van der Waals surface area (Å²) < 4.78 is 7.50. The number of thioether (sulfide) groups is 1. The molecule has 2 aromatic heterocycles. The molecule has 1 aliphatic heterocycles. The topological polar surface area (TPSA) is 99.2 Å². The van der Waals surface area contributed by atoms with Gasteiger partial charge in [0.1, 0.15) is 5.82 Å². The summed E-state index contributed by atoms with van der Waals surface area (Å²) in [7, 11) is 1.97. The molecular weight excluding hydrogens is 404 g/mol. The third-order valence-corrected chi connectivity index (χ3v) is 6.16. The number of benzene rings is 1. The number of hydrogen-bond acceptors (Lipinski definition) is 8. The summed E-state index contributed by atoms with van der Waals surface area (Å²) >= 11 is 1.47. The zero-order valence-corrected chi connectivity index (χ0v) is 18.1. The zero-order chi connectivity index (χ0) is 21.3. The molecule has 0 aliphatic carbocycles. The fourth-order valence-corrected chi connectivity index (χ4v) is 4.32. The maximum Gasteiger partial charge on any atom is 0.272 e. The number of hydrogen-bond donors (Lipinski definition) is 0. The maximum atomic E-state index is 11.2. The summed E-state index contributed by atoms with van der Waals surface area (Å²) in [4.78, 5) is 27.4. The first-order valence-corrected chi connectivity index (χ1v) is 10.9. The van der Waals surface area contributed by atoms with E-state index in [0.717, 1.165) is 47.9 Å². The molecule has 30 heavy (non-hydrogen) atoms. The first-order valence-electron chi connectivity index (χ1n) is 9.90. The molecule has 3 heterocycles. The van der Waals surface area contributed by atoms with Gasteiger partial charge in [0.05, 0.1) is 18.1 Å². The Morgan fingerprint density at radius 1 is 1.23 bits per heavy atom. The molecule has 1 saturated heterocycles. The highest BCUT2D eigenvalue weighted by molar-refractivity contribution is 7.98. The Morgan fingerprint density at radius 2 is 2.00 bits per heavy atom. The van der Waals surface area contributed by atoms with Crippen molar-refractivity contribution in [1.29, 1.82) is 0 Å². The molecule has 0 radical (unpaired) electrons. The smallest absolute Gasteiger partial charge is 0.272 e. The Morgan fingerprint density at radius 3 is 2.70 bits per heavy atom. The average molecular weight is 429 g/mol. The maximum absolute atomic E-state index is 11.2. The number of morpholine rings is 1. The lowest BCUT2D eigenvalue weighted by molar-refractivity contribution is -0.385. The van der Waals surface area contributed by atoms with Crippen molar-refractivity contribution in [2.45, 2.75) is 31.2 Å². The normalized spacial score (nSPS) is 14.4. The van der Waals surface area contributed by atoms with Crippen molar-refractivity contribution >= 4 is 34.4 Å². The van der Waals surface area contributed by atoms with Gasteiger partial charge in [-0.2, -0.15) is 0 Å². The molecule has 1 aromatic carbocycles. The molecule has 0 N–H and O–H groups in total. The van der Waals surface area contributed by atoms with E-state index in [1.54, 1.807) is 19.1 Å². The zero-order valence-electron chi connectivity index (χ0n) is 17.3. The predicted octanol–water partition coefficient (Wildman–Crippen LogP) is 3.27. The van der Waals surface area contributed by atoms with Gasteiger partial charge in [0, 0.05) is 43.9 Å². The quantitative estimate of drug-likeness (QED) is 0.255. The van der Waals surface area contributed by atoms with Crippen molar-refractivity contribution in [3.8, 4) is 0 Å². The molecule has 0 spiro atoms. The van der Waals surface area contributed by atoms with Crippen LogP contribution in [0.1, 0.15) is 23.9 Å². The standard InChI is InChI=1S/C20H24N6O3S/c1-4-16-21-17-18(24(16)3)22-20(23-19(17)25-7-9-29-10-8-25)30-12-14-6-5-13(2)15(11-14)26(27)28/h5-6,11H,4,7-10,12H2,1-3H3. The van der Waals surface area contributed by atoms with Crippen LogP contribution in [0.25, 0.3) is 11.2 Å². The predicted molar refractivity (Wildman–Crippen MR) is 116 cm³/mol. The van der Waals surface area contributed by atoms with Crippen LogP contribution < -0.4 is 4.90 Å². The third-order valence-electron chi connectivity index (χ3n) is 5.24. The number of imidazole rings is 1. The van der Waals surface area contributed by atoms with Gasteiger partial charge in [0.15, 0.2) is 22.1 Å². The SMILES string of the molecule is CCc1nc2c(N3CCOCC3)nc(SCc3ccc(C)c([N+](=O)[O-])c3)nc2n1C. The first-order chi connectivity index (χ1) is 14.5. The lowest BCUT2D eigenvalue weighted by Crippen LogP contribution is -2.37. The second-order valence-electron chi connectivity index (χ2n) is 7.21. The minimum atomic E-state index is -0.343. The highest BCUT2D eigenvalue weighted by Gasteiger charge is 2.22. The average Bonchev–Trinajstić information content (AvgIpc) is 3.08. The fraction of sp³-hybridized carbons (Fsp3) is 0.450. The molecule has 9 nitrogen and oxygen atoms in total. The van der Waals surface area contributed by atoms with Crippen LogP contribution in [0.4, 0.5) is 11.5 Å². The molecule has 3 aromatic rings. The van der Waals surface area contributed by atoms with E-state index in [-0.39, 0.29) is 10.6 Å². The van der Waals surface area contributed by atoms with Gasteiger partial charge in [-0.25, -0.2) is 15.0 Å². The van der Waals surface area contributed by atoms with Crippen LogP contribution in [-0.4, -0.2) is 50.7 Å². The van der Waals surface area contributed by atoms with E-state index in [4.69, 9.17) is 19.7 Å². The van der Waals surface area contributed by atoms with E-state index < -0.39 is 0 Å². The van der Waals surface area contributed by atoms with E-state index in [0.29, 0.717) is 29.7 Å². The van der Waals surface area contributed by atoms with Crippen molar-refractivity contribution < 1.29 is 9.66 Å². The lowest BCUT2D eigenvalue weighted by atomic mass is 10.1. The third kappa shape index (κ3) is 3.97. The van der Waals surface area contributed by atoms with Gasteiger partial charge < -0.3 is 14.2 Å². The minimum Gasteiger partial charge on any atom is -0.378 e. The molecule has 4 rings (SSSR count). The number of fused-ring (bicyclic) bond motifs is 1. The highest BCUT2D eigenvalue weighted by Crippen LogP contribution is 2.30. The van der Waals surface area contributed by atoms with Crippen LogP contribution in [0.5, 0.6) is 0 Å². The molecule has 0 unspecified atom stereocenters. The lowest BCUT2D eigenvalue weighted by Gasteiger charge is -2.28. The summed E-state index contributed by atoms with van der Waals surface area (Å²) in [5, 5.41) is 11.9. The summed E-state index contributed by atoms with van der Waals surface area (Å²) in [6.45, 7) is 6.66. The fourth-order valence-electron chi connectivity index (χ4n) is 3.54. The Bertz CT molecular complexity index is 1090. The molecule has 1 fully saturated rings. The van der Waals surface area contributed by atoms with Crippen molar-refractivity contribution in [2.75, 3.05) is 31.2 Å². The highest BCUT2D eigenvalue weighted by atomic mass is 32.2. The van der Waals surface area contributed by atoms with Crippen molar-refractivity contribution in [3.63, 3.8) is 0 Å². The van der Waals surface area contributed by atoms with Crippen LogP contribution in [0.3, 0.4) is 0 Å². The molecule has 0 amide bonds. The molecule has 0 atom stereocenters. The number of nitro benzene ring substituents is 1. The Kier molecular flexibility index (Phi) is 5.87. The van der Waals surface area contributed by atoms with Gasteiger partial charge in [-0.15, -0.1) is 0 Å². The monoisotopic (exact) mass is 428 g/mol. The minimum absolute atomic E-state index is 0.137. The van der Waals surface area contributed by atoms with Gasteiger partial charge in [-0.1, -0.05) is 30.8 Å². The summed E-state index contributed by atoms with van der Waals surface area (Å²) in [6.07, 6.45) is 0.810. The van der Waals surface area contributed by atoms with Crippen LogP contribution in [0.2, 0.25) is 0 Å². The molecule has 10 heteroatoms. The van der Waals surface area contributed by atoms with E-state index in [1.165, 1.54) is 11.8 Å². The first kappa shape index (κ1) is 20.5. The van der Waals surface area contributed by atoms with Crippen molar-refractivity contribution in [1.82, 2.24) is 19.5 Å². The number of aryl methyl sites for hydroxylation is 3. The van der Waals surface area contributed by atoms with E-state index >= 15 is 0 Å². The molecular formula is C20H24N6O3S. The van der Waals surface area contributed by atoms with Crippen molar-refractivity contribution in [3.05, 3.63) is 45.3 Å². The van der Waals surface area contributed by atoms with E-state index in [1.807, 2.05) is 17.7 Å².